The molecule has 2 amide bonds. The third-order valence-corrected chi connectivity index (χ3v) is 3.57. The molecule has 2 heterocycles. The third-order valence-electron chi connectivity index (χ3n) is 2.73. The molecule has 2 aromatic heterocycles. The highest BCUT2D eigenvalue weighted by atomic mass is 32.1. The second-order valence-corrected chi connectivity index (χ2v) is 4.98. The first-order valence-corrected chi connectivity index (χ1v) is 7.43. The first kappa shape index (κ1) is 15.1. The molecule has 2 N–H and O–H groups in total. The largest absolute Gasteiger partial charge is 0.352 e. The summed E-state index contributed by atoms with van der Waals surface area (Å²) in [4.78, 5) is 28.4. The molecule has 110 valence electrons. The topological polar surface area (TPSA) is 84.0 Å². The molecule has 21 heavy (non-hydrogen) atoms. The average Bonchev–Trinajstić information content (AvgIpc) is 2.92. The summed E-state index contributed by atoms with van der Waals surface area (Å²) in [6, 6.07) is 5.42. The lowest BCUT2D eigenvalue weighted by atomic mass is 10.2. The molecule has 0 aromatic carbocycles. The van der Waals surface area contributed by atoms with Crippen molar-refractivity contribution in [1.82, 2.24) is 14.7 Å². The van der Waals surface area contributed by atoms with Crippen molar-refractivity contribution in [3.63, 3.8) is 0 Å². The fourth-order valence-electron chi connectivity index (χ4n) is 1.71. The van der Waals surface area contributed by atoms with E-state index in [4.69, 9.17) is 0 Å². The van der Waals surface area contributed by atoms with E-state index in [1.807, 2.05) is 13.0 Å². The number of amides is 2. The normalized spacial score (nSPS) is 10.2. The molecule has 2 aromatic rings. The number of hydrogen-bond acceptors (Lipinski definition) is 5. The molecule has 0 radical (unpaired) electrons. The number of carbonyl (C=O) groups excluding carboxylic acids is 2. The highest BCUT2D eigenvalue weighted by molar-refractivity contribution is 7.09. The van der Waals surface area contributed by atoms with Gasteiger partial charge in [-0.15, -0.1) is 0 Å². The number of nitrogens with one attached hydrogen (secondary N) is 2. The van der Waals surface area contributed by atoms with Gasteiger partial charge in [-0.1, -0.05) is 13.0 Å². The van der Waals surface area contributed by atoms with E-state index in [-0.39, 0.29) is 11.8 Å². The molecular formula is C14H16N4O2S. The molecule has 0 saturated heterocycles. The Kier molecular flexibility index (Phi) is 4.99. The average molecular weight is 304 g/mol. The molecule has 0 saturated carbocycles. The van der Waals surface area contributed by atoms with Crippen molar-refractivity contribution in [3.05, 3.63) is 29.3 Å². The first-order valence-electron chi connectivity index (χ1n) is 6.66. The fraction of sp³-hybridized carbons (Fsp3) is 0.286. The number of pyridine rings is 1. The Hall–Kier alpha value is -2.28. The van der Waals surface area contributed by atoms with Crippen LogP contribution in [0.4, 0.5) is 5.69 Å². The molecule has 6 nitrogen and oxygen atoms in total. The molecule has 0 unspecified atom stereocenters. The molecule has 0 fully saturated rings. The Bertz CT molecular complexity index is 640. The third kappa shape index (κ3) is 3.43. The SMILES string of the molecule is CCNC(=O)c1snc(-c2ccccn2)c1NC(=O)CC. The summed E-state index contributed by atoms with van der Waals surface area (Å²) in [6.07, 6.45) is 1.97. The van der Waals surface area contributed by atoms with E-state index < -0.39 is 0 Å². The molecule has 0 aliphatic carbocycles. The van der Waals surface area contributed by atoms with Gasteiger partial charge in [0.2, 0.25) is 5.91 Å². The van der Waals surface area contributed by atoms with Crippen LogP contribution in [0.3, 0.4) is 0 Å². The van der Waals surface area contributed by atoms with Crippen molar-refractivity contribution in [2.75, 3.05) is 11.9 Å². The minimum absolute atomic E-state index is 0.169. The van der Waals surface area contributed by atoms with Crippen LogP contribution < -0.4 is 10.6 Å². The van der Waals surface area contributed by atoms with E-state index >= 15 is 0 Å². The van der Waals surface area contributed by atoms with Crippen LogP contribution in [-0.2, 0) is 4.79 Å². The summed E-state index contributed by atoms with van der Waals surface area (Å²) in [5.41, 5.74) is 1.57. The van der Waals surface area contributed by atoms with E-state index in [0.29, 0.717) is 34.9 Å². The number of nitrogens with zero attached hydrogens (tertiary/aromatic N) is 2. The fourth-order valence-corrected chi connectivity index (χ4v) is 2.47. The zero-order valence-electron chi connectivity index (χ0n) is 11.8. The van der Waals surface area contributed by atoms with Crippen molar-refractivity contribution >= 4 is 29.0 Å². The highest BCUT2D eigenvalue weighted by Gasteiger charge is 2.22. The second kappa shape index (κ2) is 6.94. The Morgan fingerprint density at radius 2 is 2.10 bits per heavy atom. The lowest BCUT2D eigenvalue weighted by molar-refractivity contribution is -0.115. The van der Waals surface area contributed by atoms with Gasteiger partial charge in [0, 0.05) is 19.2 Å². The number of carbonyl (C=O) groups is 2. The summed E-state index contributed by atoms with van der Waals surface area (Å²) >= 11 is 1.05. The lowest BCUT2D eigenvalue weighted by Gasteiger charge is -2.07. The van der Waals surface area contributed by atoms with Crippen LogP contribution >= 0.6 is 11.5 Å². The smallest absolute Gasteiger partial charge is 0.265 e. The molecular weight excluding hydrogens is 288 g/mol. The molecule has 7 heteroatoms. The molecule has 0 atom stereocenters. The summed E-state index contributed by atoms with van der Waals surface area (Å²) in [7, 11) is 0. The van der Waals surface area contributed by atoms with Gasteiger partial charge in [0.05, 0.1) is 11.4 Å². The van der Waals surface area contributed by atoms with Gasteiger partial charge in [0.15, 0.2) is 0 Å². The number of rotatable bonds is 5. The Balaban J connectivity index is 2.46. The van der Waals surface area contributed by atoms with Gasteiger partial charge < -0.3 is 10.6 Å². The van der Waals surface area contributed by atoms with Gasteiger partial charge in [-0.05, 0) is 30.6 Å². The number of hydrogen-bond donors (Lipinski definition) is 2. The van der Waals surface area contributed by atoms with E-state index in [1.165, 1.54) is 0 Å². The van der Waals surface area contributed by atoms with Crippen molar-refractivity contribution in [2.24, 2.45) is 0 Å². The minimum atomic E-state index is -0.247. The van der Waals surface area contributed by atoms with Crippen LogP contribution in [0.2, 0.25) is 0 Å². The van der Waals surface area contributed by atoms with Crippen LogP contribution in [-0.4, -0.2) is 27.7 Å². The Labute approximate surface area is 126 Å². The maximum absolute atomic E-state index is 12.1. The quantitative estimate of drug-likeness (QED) is 0.887. The zero-order chi connectivity index (χ0) is 15.2. The zero-order valence-corrected chi connectivity index (χ0v) is 12.7. The van der Waals surface area contributed by atoms with Crippen LogP contribution in [0.5, 0.6) is 0 Å². The van der Waals surface area contributed by atoms with Crippen LogP contribution in [0.1, 0.15) is 29.9 Å². The second-order valence-electron chi connectivity index (χ2n) is 4.21. The van der Waals surface area contributed by atoms with Crippen LogP contribution in [0, 0.1) is 0 Å². The summed E-state index contributed by atoms with van der Waals surface area (Å²) in [5, 5.41) is 5.47. The Morgan fingerprint density at radius 3 is 2.71 bits per heavy atom. The van der Waals surface area contributed by atoms with E-state index in [9.17, 15) is 9.59 Å². The van der Waals surface area contributed by atoms with Crippen LogP contribution in [0.25, 0.3) is 11.4 Å². The van der Waals surface area contributed by atoms with E-state index in [2.05, 4.69) is 20.0 Å². The first-order chi connectivity index (χ1) is 10.2. The predicted octanol–water partition coefficient (Wildman–Crippen LogP) is 2.30. The standard InChI is InChI=1S/C14H16N4O2S/c1-3-10(19)17-12-11(9-7-5-6-8-16-9)18-21-13(12)14(20)15-4-2/h5-8H,3-4H2,1-2H3,(H,15,20)(H,17,19). The van der Waals surface area contributed by atoms with E-state index in [1.54, 1.807) is 25.3 Å². The maximum atomic E-state index is 12.1. The predicted molar refractivity (Wildman–Crippen MR) is 82.3 cm³/mol. The molecule has 2 rings (SSSR count). The van der Waals surface area contributed by atoms with Crippen molar-refractivity contribution in [1.29, 1.82) is 0 Å². The van der Waals surface area contributed by atoms with Gasteiger partial charge in [0.1, 0.15) is 10.6 Å². The minimum Gasteiger partial charge on any atom is -0.352 e. The van der Waals surface area contributed by atoms with Crippen molar-refractivity contribution < 1.29 is 9.59 Å². The summed E-state index contributed by atoms with van der Waals surface area (Å²) in [6.45, 7) is 4.10. The molecule has 0 bridgehead atoms. The number of aromatic nitrogens is 2. The van der Waals surface area contributed by atoms with Crippen LogP contribution in [0.15, 0.2) is 24.4 Å². The molecule has 0 aliphatic rings. The Morgan fingerprint density at radius 1 is 1.29 bits per heavy atom. The highest BCUT2D eigenvalue weighted by Crippen LogP contribution is 2.32. The van der Waals surface area contributed by atoms with Gasteiger partial charge >= 0.3 is 0 Å². The monoisotopic (exact) mass is 304 g/mol. The van der Waals surface area contributed by atoms with Gasteiger partial charge in [-0.2, -0.15) is 4.37 Å². The van der Waals surface area contributed by atoms with Gasteiger partial charge in [-0.3, -0.25) is 14.6 Å². The molecule has 0 spiro atoms. The van der Waals surface area contributed by atoms with E-state index in [0.717, 1.165) is 11.5 Å². The molecule has 0 aliphatic heterocycles. The number of anilines is 1. The summed E-state index contributed by atoms with van der Waals surface area (Å²) < 4.78 is 4.28. The van der Waals surface area contributed by atoms with Crippen molar-refractivity contribution in [2.45, 2.75) is 20.3 Å². The van der Waals surface area contributed by atoms with Crippen molar-refractivity contribution in [3.8, 4) is 11.4 Å². The van der Waals surface area contributed by atoms with Gasteiger partial charge in [0.25, 0.3) is 5.91 Å². The summed E-state index contributed by atoms with van der Waals surface area (Å²) in [5.74, 6) is -0.415. The maximum Gasteiger partial charge on any atom is 0.265 e. The lowest BCUT2D eigenvalue weighted by Crippen LogP contribution is -2.23. The van der Waals surface area contributed by atoms with Gasteiger partial charge in [-0.25, -0.2) is 0 Å².